The summed E-state index contributed by atoms with van der Waals surface area (Å²) in [6.45, 7) is 0. The van der Waals surface area contributed by atoms with Crippen LogP contribution >= 0.6 is 22.9 Å². The highest BCUT2D eigenvalue weighted by molar-refractivity contribution is 7.12. The fraction of sp³-hybridized carbons (Fsp3) is 0.0556. The molecule has 1 heterocycles. The number of anilines is 1. The molecule has 1 N–H and O–H groups in total. The third-order valence-corrected chi connectivity index (χ3v) is 4.57. The minimum atomic E-state index is -0.153. The lowest BCUT2D eigenvalue weighted by Gasteiger charge is -2.08. The van der Waals surface area contributed by atoms with Crippen LogP contribution in [0, 0.1) is 0 Å². The summed E-state index contributed by atoms with van der Waals surface area (Å²) in [6.07, 6.45) is 0. The second kappa shape index (κ2) is 6.86. The molecule has 5 heteroatoms. The molecule has 3 nitrogen and oxygen atoms in total. The first-order valence-corrected chi connectivity index (χ1v) is 8.22. The maximum absolute atomic E-state index is 12.6. The third kappa shape index (κ3) is 3.38. The van der Waals surface area contributed by atoms with Gasteiger partial charge in [-0.2, -0.15) is 0 Å². The average Bonchev–Trinajstić information content (AvgIpc) is 3.05. The molecular weight excluding hydrogens is 330 g/mol. The Kier molecular flexibility index (Phi) is 4.65. The lowest BCUT2D eigenvalue weighted by atomic mass is 10.1. The first kappa shape index (κ1) is 15.6. The van der Waals surface area contributed by atoms with Crippen molar-refractivity contribution >= 4 is 34.5 Å². The molecule has 3 aromatic rings. The van der Waals surface area contributed by atoms with Crippen molar-refractivity contribution in [2.45, 2.75) is 0 Å². The van der Waals surface area contributed by atoms with Crippen molar-refractivity contribution in [3.8, 4) is 16.9 Å². The molecule has 3 rings (SSSR count). The molecule has 0 radical (unpaired) electrons. The Bertz CT molecular complexity index is 830. The van der Waals surface area contributed by atoms with Crippen LogP contribution in [0.5, 0.6) is 5.75 Å². The van der Waals surface area contributed by atoms with E-state index in [1.165, 1.54) is 11.3 Å². The van der Waals surface area contributed by atoms with Gasteiger partial charge in [-0.25, -0.2) is 0 Å². The summed E-state index contributed by atoms with van der Waals surface area (Å²) in [5.41, 5.74) is 2.58. The van der Waals surface area contributed by atoms with Crippen molar-refractivity contribution < 1.29 is 9.53 Å². The van der Waals surface area contributed by atoms with E-state index in [1.54, 1.807) is 25.3 Å². The van der Waals surface area contributed by atoms with Gasteiger partial charge < -0.3 is 10.1 Å². The lowest BCUT2D eigenvalue weighted by molar-refractivity contribution is 0.103. The van der Waals surface area contributed by atoms with Crippen LogP contribution in [0.25, 0.3) is 11.1 Å². The number of nitrogens with one attached hydrogen (secondary N) is 1. The minimum absolute atomic E-state index is 0.153. The molecule has 0 bridgehead atoms. The van der Waals surface area contributed by atoms with E-state index in [4.69, 9.17) is 16.3 Å². The van der Waals surface area contributed by atoms with Crippen LogP contribution in [0.2, 0.25) is 5.02 Å². The molecule has 0 unspecified atom stereocenters. The van der Waals surface area contributed by atoms with Crippen LogP contribution < -0.4 is 10.1 Å². The quantitative estimate of drug-likeness (QED) is 0.695. The van der Waals surface area contributed by atoms with E-state index in [-0.39, 0.29) is 5.91 Å². The SMILES string of the molecule is COc1ccc(NC(=O)c2sccc2-c2ccccc2)cc1Cl. The van der Waals surface area contributed by atoms with Crippen LogP contribution in [-0.2, 0) is 0 Å². The first-order chi connectivity index (χ1) is 11.2. The Morgan fingerprint density at radius 3 is 2.61 bits per heavy atom. The van der Waals surface area contributed by atoms with Gasteiger partial charge in [-0.15, -0.1) is 11.3 Å². The monoisotopic (exact) mass is 343 g/mol. The fourth-order valence-electron chi connectivity index (χ4n) is 2.26. The van der Waals surface area contributed by atoms with Crippen molar-refractivity contribution in [1.29, 1.82) is 0 Å². The molecule has 1 amide bonds. The van der Waals surface area contributed by atoms with E-state index in [1.807, 2.05) is 41.8 Å². The summed E-state index contributed by atoms with van der Waals surface area (Å²) in [6, 6.07) is 17.0. The maximum atomic E-state index is 12.6. The largest absolute Gasteiger partial charge is 0.495 e. The number of hydrogen-bond donors (Lipinski definition) is 1. The number of methoxy groups -OCH3 is 1. The Morgan fingerprint density at radius 1 is 1.13 bits per heavy atom. The summed E-state index contributed by atoms with van der Waals surface area (Å²) in [4.78, 5) is 13.2. The lowest BCUT2D eigenvalue weighted by Crippen LogP contribution is -2.11. The zero-order valence-electron chi connectivity index (χ0n) is 12.4. The van der Waals surface area contributed by atoms with Crippen LogP contribution in [0.15, 0.2) is 60.0 Å². The number of ether oxygens (including phenoxy) is 1. The second-order valence-electron chi connectivity index (χ2n) is 4.83. The van der Waals surface area contributed by atoms with Gasteiger partial charge in [0.15, 0.2) is 0 Å². The Balaban J connectivity index is 1.85. The van der Waals surface area contributed by atoms with Crippen LogP contribution in [0.4, 0.5) is 5.69 Å². The second-order valence-corrected chi connectivity index (χ2v) is 6.16. The summed E-state index contributed by atoms with van der Waals surface area (Å²) < 4.78 is 5.11. The zero-order chi connectivity index (χ0) is 16.2. The van der Waals surface area contributed by atoms with Gasteiger partial charge in [0.25, 0.3) is 5.91 Å². The van der Waals surface area contributed by atoms with E-state index in [9.17, 15) is 4.79 Å². The maximum Gasteiger partial charge on any atom is 0.266 e. The highest BCUT2D eigenvalue weighted by Gasteiger charge is 2.15. The standard InChI is InChI=1S/C18H14ClNO2S/c1-22-16-8-7-13(11-15(16)19)20-18(21)17-14(9-10-23-17)12-5-3-2-4-6-12/h2-11H,1H3,(H,20,21). The average molecular weight is 344 g/mol. The molecule has 23 heavy (non-hydrogen) atoms. The van der Waals surface area contributed by atoms with E-state index in [0.29, 0.717) is 21.3 Å². The smallest absolute Gasteiger partial charge is 0.266 e. The molecule has 0 saturated heterocycles. The third-order valence-electron chi connectivity index (χ3n) is 3.37. The molecule has 116 valence electrons. The number of rotatable bonds is 4. The molecule has 0 spiro atoms. The van der Waals surface area contributed by atoms with Crippen LogP contribution in [-0.4, -0.2) is 13.0 Å². The summed E-state index contributed by atoms with van der Waals surface area (Å²) in [5, 5.41) is 5.25. The summed E-state index contributed by atoms with van der Waals surface area (Å²) in [7, 11) is 1.55. The molecule has 1 aromatic heterocycles. The van der Waals surface area contributed by atoms with Gasteiger partial charge in [-0.05, 0) is 35.2 Å². The van der Waals surface area contributed by atoms with Gasteiger partial charge in [-0.1, -0.05) is 41.9 Å². The number of thiophene rings is 1. The molecule has 0 aliphatic heterocycles. The number of carbonyl (C=O) groups is 1. The van der Waals surface area contributed by atoms with Crippen LogP contribution in [0.1, 0.15) is 9.67 Å². The number of halogens is 1. The molecule has 2 aromatic carbocycles. The molecule has 0 saturated carbocycles. The summed E-state index contributed by atoms with van der Waals surface area (Å²) in [5.74, 6) is 0.422. The van der Waals surface area contributed by atoms with E-state index in [2.05, 4.69) is 5.32 Å². The predicted molar refractivity (Wildman–Crippen MR) is 95.7 cm³/mol. The zero-order valence-corrected chi connectivity index (χ0v) is 13.9. The van der Waals surface area contributed by atoms with Crippen molar-refractivity contribution in [3.05, 3.63) is 69.9 Å². The number of hydrogen-bond acceptors (Lipinski definition) is 3. The summed E-state index contributed by atoms with van der Waals surface area (Å²) >= 11 is 7.51. The predicted octanol–water partition coefficient (Wildman–Crippen LogP) is 5.33. The van der Waals surface area contributed by atoms with Crippen molar-refractivity contribution in [3.63, 3.8) is 0 Å². The van der Waals surface area contributed by atoms with E-state index < -0.39 is 0 Å². The molecule has 0 atom stereocenters. The van der Waals surface area contributed by atoms with Gasteiger partial charge in [0.2, 0.25) is 0 Å². The number of amides is 1. The fourth-order valence-corrected chi connectivity index (χ4v) is 3.33. The van der Waals surface area contributed by atoms with Gasteiger partial charge in [0.1, 0.15) is 5.75 Å². The molecular formula is C18H14ClNO2S. The molecule has 0 aliphatic rings. The highest BCUT2D eigenvalue weighted by atomic mass is 35.5. The van der Waals surface area contributed by atoms with Crippen LogP contribution in [0.3, 0.4) is 0 Å². The van der Waals surface area contributed by atoms with E-state index >= 15 is 0 Å². The topological polar surface area (TPSA) is 38.3 Å². The number of carbonyl (C=O) groups excluding carboxylic acids is 1. The highest BCUT2D eigenvalue weighted by Crippen LogP contribution is 2.30. The van der Waals surface area contributed by atoms with E-state index in [0.717, 1.165) is 11.1 Å². The Morgan fingerprint density at radius 2 is 1.91 bits per heavy atom. The normalized spacial score (nSPS) is 10.3. The molecule has 0 fully saturated rings. The minimum Gasteiger partial charge on any atom is -0.495 e. The Labute approximate surface area is 143 Å². The van der Waals surface area contributed by atoms with Gasteiger partial charge in [-0.3, -0.25) is 4.79 Å². The van der Waals surface area contributed by atoms with Crippen molar-refractivity contribution in [1.82, 2.24) is 0 Å². The van der Waals surface area contributed by atoms with Gasteiger partial charge >= 0.3 is 0 Å². The van der Waals surface area contributed by atoms with Gasteiger partial charge in [0, 0.05) is 11.3 Å². The molecule has 0 aliphatic carbocycles. The van der Waals surface area contributed by atoms with Crippen molar-refractivity contribution in [2.24, 2.45) is 0 Å². The Hall–Kier alpha value is -2.30. The van der Waals surface area contributed by atoms with Crippen molar-refractivity contribution in [2.75, 3.05) is 12.4 Å². The first-order valence-electron chi connectivity index (χ1n) is 6.97. The van der Waals surface area contributed by atoms with Gasteiger partial charge in [0.05, 0.1) is 17.0 Å². The number of benzene rings is 2.